The molecule has 0 radical (unpaired) electrons. The summed E-state index contributed by atoms with van der Waals surface area (Å²) in [4.78, 5) is 0. The maximum absolute atomic E-state index is 5.70. The molecule has 0 aromatic heterocycles. The van der Waals surface area contributed by atoms with Crippen molar-refractivity contribution in [1.29, 1.82) is 0 Å². The molecule has 1 unspecified atom stereocenters. The van der Waals surface area contributed by atoms with Crippen LogP contribution in [0.15, 0.2) is 48.1 Å². The van der Waals surface area contributed by atoms with E-state index in [2.05, 4.69) is 57.2 Å². The van der Waals surface area contributed by atoms with Crippen LogP contribution in [0, 0.1) is 6.92 Å². The molecule has 0 aliphatic rings. The zero-order chi connectivity index (χ0) is 12.7. The van der Waals surface area contributed by atoms with Gasteiger partial charge >= 0.3 is 0 Å². The van der Waals surface area contributed by atoms with Crippen LogP contribution in [-0.2, 0) is 0 Å². The van der Waals surface area contributed by atoms with E-state index in [1.807, 2.05) is 6.08 Å². The summed E-state index contributed by atoms with van der Waals surface area (Å²) in [7, 11) is 0. The van der Waals surface area contributed by atoms with Crippen molar-refractivity contribution in [2.45, 2.75) is 33.1 Å². The van der Waals surface area contributed by atoms with Crippen molar-refractivity contribution >= 4 is 11.6 Å². The van der Waals surface area contributed by atoms with Crippen LogP contribution < -0.4 is 0 Å². The number of allylic oxidation sites excluding steroid dienone is 4. The fourth-order valence-electron chi connectivity index (χ4n) is 1.85. The molecule has 17 heavy (non-hydrogen) atoms. The Balaban J connectivity index is 2.91. The maximum Gasteiger partial charge on any atom is 0.0407 e. The lowest BCUT2D eigenvalue weighted by Crippen LogP contribution is -1.96. The topological polar surface area (TPSA) is 0 Å². The van der Waals surface area contributed by atoms with E-state index in [1.165, 1.54) is 16.7 Å². The fourth-order valence-corrected chi connectivity index (χ4v) is 1.94. The number of alkyl halides is 1. The summed E-state index contributed by atoms with van der Waals surface area (Å²) in [5.41, 5.74) is 4.00. The first-order chi connectivity index (χ1) is 8.19. The molecule has 0 N–H and O–H groups in total. The molecule has 1 aromatic rings. The van der Waals surface area contributed by atoms with Gasteiger partial charge in [0.25, 0.3) is 0 Å². The summed E-state index contributed by atoms with van der Waals surface area (Å²) in [6.45, 7) is 6.52. The van der Waals surface area contributed by atoms with Gasteiger partial charge in [-0.1, -0.05) is 61.9 Å². The van der Waals surface area contributed by atoms with Crippen LogP contribution >= 0.6 is 11.6 Å². The van der Waals surface area contributed by atoms with E-state index in [-0.39, 0.29) is 0 Å². The summed E-state index contributed by atoms with van der Waals surface area (Å²) in [5, 5.41) is 0. The average Bonchev–Trinajstić information content (AvgIpc) is 2.34. The van der Waals surface area contributed by atoms with Crippen molar-refractivity contribution in [1.82, 2.24) is 0 Å². The lowest BCUT2D eigenvalue weighted by atomic mass is 9.91. The highest BCUT2D eigenvalue weighted by Crippen LogP contribution is 2.25. The molecule has 0 aliphatic carbocycles. The lowest BCUT2D eigenvalue weighted by Gasteiger charge is -2.14. The Labute approximate surface area is 110 Å². The molecule has 0 bridgehead atoms. The number of benzene rings is 1. The standard InChI is InChI=1S/C16H21Cl/c1-4-6-15(7-5-12-17)14(3)16-10-8-13(2)9-11-16/h5-11,14H,4,12H2,1-3H3/b7-5-,15-6+. The Morgan fingerprint density at radius 1 is 1.29 bits per heavy atom. The molecule has 1 aromatic carbocycles. The number of halogens is 1. The van der Waals surface area contributed by atoms with Gasteiger partial charge < -0.3 is 0 Å². The maximum atomic E-state index is 5.70. The van der Waals surface area contributed by atoms with Crippen LogP contribution in [-0.4, -0.2) is 5.88 Å². The second-order valence-corrected chi connectivity index (χ2v) is 4.61. The quantitative estimate of drug-likeness (QED) is 0.494. The van der Waals surface area contributed by atoms with Gasteiger partial charge in [-0.15, -0.1) is 11.6 Å². The Hall–Kier alpha value is -1.01. The van der Waals surface area contributed by atoms with E-state index in [4.69, 9.17) is 11.6 Å². The van der Waals surface area contributed by atoms with Gasteiger partial charge in [0.2, 0.25) is 0 Å². The van der Waals surface area contributed by atoms with Crippen LogP contribution in [0.1, 0.15) is 37.3 Å². The van der Waals surface area contributed by atoms with Gasteiger partial charge in [0.15, 0.2) is 0 Å². The van der Waals surface area contributed by atoms with Gasteiger partial charge in [-0.05, 0) is 24.5 Å². The Bertz CT molecular complexity index is 384. The molecule has 0 saturated heterocycles. The predicted molar refractivity (Wildman–Crippen MR) is 77.8 cm³/mol. The van der Waals surface area contributed by atoms with E-state index in [1.54, 1.807) is 0 Å². The smallest absolute Gasteiger partial charge is 0.0407 e. The molecule has 0 saturated carbocycles. The van der Waals surface area contributed by atoms with Gasteiger partial charge in [0, 0.05) is 11.8 Å². The number of aryl methyl sites for hydroxylation is 1. The first kappa shape index (κ1) is 14.1. The summed E-state index contributed by atoms with van der Waals surface area (Å²) in [6.07, 6.45) is 7.47. The van der Waals surface area contributed by atoms with Crippen LogP contribution in [0.5, 0.6) is 0 Å². The van der Waals surface area contributed by atoms with Crippen molar-refractivity contribution in [3.05, 3.63) is 59.2 Å². The van der Waals surface area contributed by atoms with E-state index < -0.39 is 0 Å². The van der Waals surface area contributed by atoms with E-state index >= 15 is 0 Å². The van der Waals surface area contributed by atoms with Crippen molar-refractivity contribution < 1.29 is 0 Å². The SMILES string of the molecule is CC/C=C(\C=C/CCl)C(C)c1ccc(C)cc1. The molecule has 92 valence electrons. The molecule has 1 atom stereocenters. The normalized spacial score (nSPS) is 14.2. The van der Waals surface area contributed by atoms with Gasteiger partial charge in [0.05, 0.1) is 0 Å². The predicted octanol–water partition coefficient (Wildman–Crippen LogP) is 5.23. The Morgan fingerprint density at radius 2 is 1.94 bits per heavy atom. The highest BCUT2D eigenvalue weighted by atomic mass is 35.5. The van der Waals surface area contributed by atoms with E-state index in [0.717, 1.165) is 6.42 Å². The van der Waals surface area contributed by atoms with E-state index in [0.29, 0.717) is 11.8 Å². The minimum absolute atomic E-state index is 0.426. The van der Waals surface area contributed by atoms with Crippen molar-refractivity contribution in [3.8, 4) is 0 Å². The minimum Gasteiger partial charge on any atom is -0.122 e. The van der Waals surface area contributed by atoms with Gasteiger partial charge in [0.1, 0.15) is 0 Å². The van der Waals surface area contributed by atoms with Gasteiger partial charge in [-0.2, -0.15) is 0 Å². The number of rotatable bonds is 5. The first-order valence-corrected chi connectivity index (χ1v) is 6.71. The molecule has 1 rings (SSSR count). The van der Waals surface area contributed by atoms with Crippen LogP contribution in [0.3, 0.4) is 0 Å². The molecular weight excluding hydrogens is 228 g/mol. The molecule has 0 fully saturated rings. The monoisotopic (exact) mass is 248 g/mol. The third kappa shape index (κ3) is 4.40. The second-order valence-electron chi connectivity index (χ2n) is 4.30. The van der Waals surface area contributed by atoms with Crippen molar-refractivity contribution in [2.24, 2.45) is 0 Å². The van der Waals surface area contributed by atoms with Crippen molar-refractivity contribution in [2.75, 3.05) is 5.88 Å². The summed E-state index contributed by atoms with van der Waals surface area (Å²) in [5.74, 6) is 0.997. The van der Waals surface area contributed by atoms with Gasteiger partial charge in [-0.25, -0.2) is 0 Å². The zero-order valence-corrected chi connectivity index (χ0v) is 11.7. The molecule has 0 aliphatic heterocycles. The van der Waals surface area contributed by atoms with Gasteiger partial charge in [-0.3, -0.25) is 0 Å². The van der Waals surface area contributed by atoms with E-state index in [9.17, 15) is 0 Å². The van der Waals surface area contributed by atoms with Crippen LogP contribution in [0.2, 0.25) is 0 Å². The third-order valence-corrected chi connectivity index (χ3v) is 3.09. The van der Waals surface area contributed by atoms with Crippen LogP contribution in [0.4, 0.5) is 0 Å². The Kier molecular flexibility index (Phi) is 6.07. The highest BCUT2D eigenvalue weighted by Gasteiger charge is 2.08. The first-order valence-electron chi connectivity index (χ1n) is 6.18. The second kappa shape index (κ2) is 7.34. The number of hydrogen-bond donors (Lipinski definition) is 0. The third-order valence-electron chi connectivity index (χ3n) is 2.92. The largest absolute Gasteiger partial charge is 0.122 e. The summed E-state index contributed by atoms with van der Waals surface area (Å²) >= 11 is 5.70. The molecular formula is C16H21Cl. The highest BCUT2D eigenvalue weighted by molar-refractivity contribution is 6.18. The summed E-state index contributed by atoms with van der Waals surface area (Å²) in [6, 6.07) is 8.75. The molecule has 0 spiro atoms. The lowest BCUT2D eigenvalue weighted by molar-refractivity contribution is 0.908. The minimum atomic E-state index is 0.426. The molecule has 0 heterocycles. The molecule has 1 heteroatoms. The van der Waals surface area contributed by atoms with Crippen LogP contribution in [0.25, 0.3) is 0 Å². The fraction of sp³-hybridized carbons (Fsp3) is 0.375. The average molecular weight is 249 g/mol. The molecule has 0 nitrogen and oxygen atoms in total. The molecule has 0 amide bonds. The zero-order valence-electron chi connectivity index (χ0n) is 10.9. The Morgan fingerprint density at radius 3 is 2.47 bits per heavy atom. The number of hydrogen-bond acceptors (Lipinski definition) is 0. The van der Waals surface area contributed by atoms with Crippen molar-refractivity contribution in [3.63, 3.8) is 0 Å². The summed E-state index contributed by atoms with van der Waals surface area (Å²) < 4.78 is 0.